The van der Waals surface area contributed by atoms with Crippen molar-refractivity contribution >= 4 is 23.1 Å². The van der Waals surface area contributed by atoms with Crippen LogP contribution in [0.2, 0.25) is 0 Å². The van der Waals surface area contributed by atoms with E-state index in [1.54, 1.807) is 50.6 Å². The van der Waals surface area contributed by atoms with E-state index in [-0.39, 0.29) is 11.3 Å². The van der Waals surface area contributed by atoms with Crippen molar-refractivity contribution in [3.8, 4) is 11.5 Å². The van der Waals surface area contributed by atoms with Gasteiger partial charge >= 0.3 is 0 Å². The predicted octanol–water partition coefficient (Wildman–Crippen LogP) is 5.20. The van der Waals surface area contributed by atoms with Gasteiger partial charge in [0.25, 0.3) is 11.7 Å². The molecule has 1 aliphatic heterocycles. The maximum Gasteiger partial charge on any atom is 0.300 e. The smallest absolute Gasteiger partial charge is 0.300 e. The average molecular weight is 458 g/mol. The Morgan fingerprint density at radius 3 is 2.24 bits per heavy atom. The maximum atomic E-state index is 13.3. The molecule has 0 bridgehead atoms. The summed E-state index contributed by atoms with van der Waals surface area (Å²) < 4.78 is 10.6. The zero-order valence-corrected chi connectivity index (χ0v) is 19.7. The number of methoxy groups -OCH3 is 2. The van der Waals surface area contributed by atoms with Gasteiger partial charge in [0.05, 0.1) is 25.8 Å². The van der Waals surface area contributed by atoms with Gasteiger partial charge in [0.15, 0.2) is 0 Å². The molecule has 1 amide bonds. The van der Waals surface area contributed by atoms with E-state index < -0.39 is 17.7 Å². The molecule has 34 heavy (non-hydrogen) atoms. The Labute approximate surface area is 199 Å². The quantitative estimate of drug-likeness (QED) is 0.313. The Hall–Kier alpha value is -4.06. The number of hydrogen-bond acceptors (Lipinski definition) is 5. The summed E-state index contributed by atoms with van der Waals surface area (Å²) in [6.07, 6.45) is 0.856. The third kappa shape index (κ3) is 4.03. The predicted molar refractivity (Wildman–Crippen MR) is 131 cm³/mol. The molecule has 1 heterocycles. The molecule has 0 spiro atoms. The molecule has 6 nitrogen and oxygen atoms in total. The lowest BCUT2D eigenvalue weighted by atomic mass is 9.93. The van der Waals surface area contributed by atoms with Crippen LogP contribution in [0.5, 0.6) is 11.5 Å². The molecular weight excluding hydrogens is 430 g/mol. The monoisotopic (exact) mass is 457 g/mol. The van der Waals surface area contributed by atoms with Gasteiger partial charge in [0.1, 0.15) is 17.3 Å². The minimum absolute atomic E-state index is 0.0334. The van der Waals surface area contributed by atoms with Gasteiger partial charge in [0.2, 0.25) is 0 Å². The van der Waals surface area contributed by atoms with Crippen LogP contribution < -0.4 is 14.4 Å². The van der Waals surface area contributed by atoms with Crippen molar-refractivity contribution in [2.75, 3.05) is 19.1 Å². The number of carbonyl (C=O) groups is 2. The Morgan fingerprint density at radius 1 is 0.941 bits per heavy atom. The van der Waals surface area contributed by atoms with Crippen LogP contribution in [-0.4, -0.2) is 31.0 Å². The first kappa shape index (κ1) is 23.1. The van der Waals surface area contributed by atoms with Crippen molar-refractivity contribution in [3.63, 3.8) is 0 Å². The van der Waals surface area contributed by atoms with Gasteiger partial charge in [-0.3, -0.25) is 14.5 Å². The van der Waals surface area contributed by atoms with E-state index in [2.05, 4.69) is 6.92 Å². The van der Waals surface area contributed by atoms with Gasteiger partial charge in [0, 0.05) is 11.3 Å². The summed E-state index contributed by atoms with van der Waals surface area (Å²) in [6.45, 7) is 3.87. The van der Waals surface area contributed by atoms with E-state index in [0.717, 1.165) is 17.5 Å². The molecule has 0 aliphatic carbocycles. The van der Waals surface area contributed by atoms with Crippen LogP contribution in [0.4, 0.5) is 5.69 Å². The molecule has 1 unspecified atom stereocenters. The van der Waals surface area contributed by atoms with Crippen LogP contribution in [0.1, 0.15) is 35.2 Å². The van der Waals surface area contributed by atoms with Crippen LogP contribution in [-0.2, 0) is 16.0 Å². The van der Waals surface area contributed by atoms with Crippen LogP contribution in [0.25, 0.3) is 5.76 Å². The lowest BCUT2D eigenvalue weighted by Crippen LogP contribution is -2.29. The SMILES string of the molecule is CCc1ccc(N2C(=O)C(=O)/C(=C(\O)c3ccc(OC)cc3C)C2c2cccc(OC)c2)cc1. The van der Waals surface area contributed by atoms with Crippen molar-refractivity contribution in [3.05, 3.63) is 94.6 Å². The molecule has 0 radical (unpaired) electrons. The second-order valence-electron chi connectivity index (χ2n) is 8.15. The summed E-state index contributed by atoms with van der Waals surface area (Å²) in [5.74, 6) is -0.427. The third-order valence-electron chi connectivity index (χ3n) is 6.17. The van der Waals surface area contributed by atoms with Gasteiger partial charge in [-0.25, -0.2) is 0 Å². The van der Waals surface area contributed by atoms with E-state index in [9.17, 15) is 14.7 Å². The number of nitrogens with zero attached hydrogens (tertiary/aromatic N) is 1. The molecule has 3 aromatic carbocycles. The standard InChI is InChI=1S/C28H27NO5/c1-5-18-9-11-20(12-10-18)29-25(19-7-6-8-21(16-19)33-3)24(27(31)28(29)32)26(30)23-14-13-22(34-4)15-17(23)2/h6-16,25,30H,5H2,1-4H3/b26-24-. The number of anilines is 1. The lowest BCUT2D eigenvalue weighted by Gasteiger charge is -2.26. The zero-order valence-electron chi connectivity index (χ0n) is 19.7. The van der Waals surface area contributed by atoms with Gasteiger partial charge in [-0.2, -0.15) is 0 Å². The molecule has 3 aromatic rings. The number of aryl methyl sites for hydroxylation is 2. The highest BCUT2D eigenvalue weighted by atomic mass is 16.5. The largest absolute Gasteiger partial charge is 0.507 e. The number of aliphatic hydroxyl groups is 1. The zero-order chi connectivity index (χ0) is 24.4. The molecular formula is C28H27NO5. The lowest BCUT2D eigenvalue weighted by molar-refractivity contribution is -0.132. The molecule has 1 saturated heterocycles. The molecule has 1 fully saturated rings. The number of Topliss-reactive ketones (excluding diaryl/α,β-unsaturated/α-hetero) is 1. The highest BCUT2D eigenvalue weighted by molar-refractivity contribution is 6.51. The first-order chi connectivity index (χ1) is 16.4. The van der Waals surface area contributed by atoms with E-state index in [1.807, 2.05) is 37.3 Å². The molecule has 4 rings (SSSR count). The number of rotatable bonds is 6. The average Bonchev–Trinajstić information content (AvgIpc) is 3.13. The van der Waals surface area contributed by atoms with Crippen molar-refractivity contribution in [2.45, 2.75) is 26.3 Å². The van der Waals surface area contributed by atoms with Crippen molar-refractivity contribution < 1.29 is 24.2 Å². The molecule has 174 valence electrons. The highest BCUT2D eigenvalue weighted by Gasteiger charge is 2.47. The van der Waals surface area contributed by atoms with E-state index in [1.165, 1.54) is 4.90 Å². The van der Waals surface area contributed by atoms with Crippen LogP contribution in [0.3, 0.4) is 0 Å². The number of carbonyl (C=O) groups excluding carboxylic acids is 2. The van der Waals surface area contributed by atoms with E-state index in [4.69, 9.17) is 9.47 Å². The molecule has 0 aromatic heterocycles. The Morgan fingerprint density at radius 2 is 1.62 bits per heavy atom. The number of hydrogen-bond donors (Lipinski definition) is 1. The fraction of sp³-hybridized carbons (Fsp3) is 0.214. The summed E-state index contributed by atoms with van der Waals surface area (Å²) in [4.78, 5) is 28.1. The minimum atomic E-state index is -0.816. The van der Waals surface area contributed by atoms with E-state index >= 15 is 0 Å². The minimum Gasteiger partial charge on any atom is -0.507 e. The fourth-order valence-corrected chi connectivity index (χ4v) is 4.29. The van der Waals surface area contributed by atoms with Crippen LogP contribution in [0.15, 0.2) is 72.3 Å². The third-order valence-corrected chi connectivity index (χ3v) is 6.17. The molecule has 6 heteroatoms. The van der Waals surface area contributed by atoms with Crippen LogP contribution >= 0.6 is 0 Å². The second kappa shape index (κ2) is 9.43. The molecule has 1 aliphatic rings. The summed E-state index contributed by atoms with van der Waals surface area (Å²) in [5.41, 5.74) is 3.58. The van der Waals surface area contributed by atoms with Gasteiger partial charge in [-0.15, -0.1) is 0 Å². The number of ether oxygens (including phenoxy) is 2. The normalized spacial score (nSPS) is 17.2. The molecule has 1 atom stereocenters. The van der Waals surface area contributed by atoms with Crippen LogP contribution in [0, 0.1) is 6.92 Å². The second-order valence-corrected chi connectivity index (χ2v) is 8.15. The Bertz CT molecular complexity index is 1280. The van der Waals surface area contributed by atoms with Gasteiger partial charge < -0.3 is 14.6 Å². The first-order valence-electron chi connectivity index (χ1n) is 11.1. The molecule has 0 saturated carbocycles. The van der Waals surface area contributed by atoms with Gasteiger partial charge in [-0.1, -0.05) is 31.2 Å². The molecule has 1 N–H and O–H groups in total. The van der Waals surface area contributed by atoms with Crippen molar-refractivity contribution in [1.82, 2.24) is 0 Å². The van der Waals surface area contributed by atoms with Gasteiger partial charge in [-0.05, 0) is 72.5 Å². The number of ketones is 1. The highest BCUT2D eigenvalue weighted by Crippen LogP contribution is 2.43. The topological polar surface area (TPSA) is 76.1 Å². The number of aliphatic hydroxyl groups excluding tert-OH is 1. The van der Waals surface area contributed by atoms with E-state index in [0.29, 0.717) is 28.3 Å². The Kier molecular flexibility index (Phi) is 6.41. The first-order valence-corrected chi connectivity index (χ1v) is 11.1. The Balaban J connectivity index is 1.94. The summed E-state index contributed by atoms with van der Waals surface area (Å²) in [5, 5.41) is 11.4. The number of benzene rings is 3. The number of amides is 1. The van der Waals surface area contributed by atoms with Crippen molar-refractivity contribution in [1.29, 1.82) is 0 Å². The maximum absolute atomic E-state index is 13.3. The van der Waals surface area contributed by atoms with Crippen molar-refractivity contribution in [2.24, 2.45) is 0 Å². The summed E-state index contributed by atoms with van der Waals surface area (Å²) >= 11 is 0. The summed E-state index contributed by atoms with van der Waals surface area (Å²) in [7, 11) is 3.12. The fourth-order valence-electron chi connectivity index (χ4n) is 4.29. The summed E-state index contributed by atoms with van der Waals surface area (Å²) in [6, 6.07) is 19.1.